The highest BCUT2D eigenvalue weighted by atomic mass is 32.2. The van der Waals surface area contributed by atoms with Crippen molar-refractivity contribution in [3.05, 3.63) is 143 Å². The minimum Gasteiger partial charge on any atom is -0.0894 e. The largest absolute Gasteiger partial charge is 0.0894 e. The molecule has 156 valence electrons. The van der Waals surface area contributed by atoms with Gasteiger partial charge in [-0.3, -0.25) is 0 Å². The summed E-state index contributed by atoms with van der Waals surface area (Å²) in [5, 5.41) is 0. The van der Waals surface area contributed by atoms with Gasteiger partial charge in [0.25, 0.3) is 0 Å². The molecule has 0 nitrogen and oxygen atoms in total. The first-order valence-electron chi connectivity index (χ1n) is 11.5. The lowest BCUT2D eigenvalue weighted by atomic mass is 9.67. The first-order chi connectivity index (χ1) is 16.3. The van der Waals surface area contributed by atoms with Gasteiger partial charge in [0.05, 0.1) is 5.41 Å². The summed E-state index contributed by atoms with van der Waals surface area (Å²) in [5.41, 5.74) is 11.9. The predicted molar refractivity (Wildman–Crippen MR) is 138 cm³/mol. The maximum Gasteiger partial charge on any atom is 0.0735 e. The van der Waals surface area contributed by atoms with Gasteiger partial charge in [0.2, 0.25) is 0 Å². The molecule has 0 radical (unpaired) electrons. The quantitative estimate of drug-likeness (QED) is 0.248. The van der Waals surface area contributed by atoms with Gasteiger partial charge in [0.1, 0.15) is 0 Å². The molecule has 0 N–H and O–H groups in total. The van der Waals surface area contributed by atoms with Gasteiger partial charge >= 0.3 is 0 Å². The van der Waals surface area contributed by atoms with Crippen molar-refractivity contribution in [2.45, 2.75) is 22.1 Å². The Labute approximate surface area is 199 Å². The van der Waals surface area contributed by atoms with Crippen LogP contribution in [0.2, 0.25) is 0 Å². The van der Waals surface area contributed by atoms with E-state index >= 15 is 0 Å². The van der Waals surface area contributed by atoms with E-state index in [1.54, 1.807) is 0 Å². The topological polar surface area (TPSA) is 0 Å². The molecule has 33 heavy (non-hydrogen) atoms. The number of hydrogen-bond donors (Lipinski definition) is 0. The van der Waals surface area contributed by atoms with Crippen LogP contribution in [0, 0.1) is 6.92 Å². The van der Waals surface area contributed by atoms with E-state index in [0.29, 0.717) is 0 Å². The van der Waals surface area contributed by atoms with Gasteiger partial charge in [-0.1, -0.05) is 109 Å². The van der Waals surface area contributed by atoms with Crippen molar-refractivity contribution in [2.75, 3.05) is 0 Å². The van der Waals surface area contributed by atoms with Gasteiger partial charge in [-0.2, -0.15) is 0 Å². The lowest BCUT2D eigenvalue weighted by Gasteiger charge is -2.40. The maximum atomic E-state index is 2.47. The van der Waals surface area contributed by atoms with Gasteiger partial charge < -0.3 is 0 Å². The van der Waals surface area contributed by atoms with Gasteiger partial charge in [0.15, 0.2) is 0 Å². The molecule has 0 saturated carbocycles. The third-order valence-corrected chi connectivity index (χ3v) is 8.41. The summed E-state index contributed by atoms with van der Waals surface area (Å²) in [6, 6.07) is 42.7. The Hall–Kier alpha value is -3.55. The van der Waals surface area contributed by atoms with Crippen molar-refractivity contribution in [1.82, 2.24) is 0 Å². The SMILES string of the molecule is Cc1cc2c(cc1-c1ccccc1)C1(c3ccccc3S2)c2ccccc2-c2ccccc21. The molecule has 1 aliphatic carbocycles. The number of aryl methyl sites for hydroxylation is 1. The molecule has 0 bridgehead atoms. The van der Waals surface area contributed by atoms with E-state index in [4.69, 9.17) is 0 Å². The third-order valence-electron chi connectivity index (χ3n) is 7.28. The van der Waals surface area contributed by atoms with Crippen molar-refractivity contribution < 1.29 is 0 Å². The maximum absolute atomic E-state index is 2.47. The molecule has 5 aromatic carbocycles. The van der Waals surface area contributed by atoms with Gasteiger partial charge in [-0.15, -0.1) is 0 Å². The van der Waals surface area contributed by atoms with Crippen molar-refractivity contribution in [3.8, 4) is 22.3 Å². The minimum atomic E-state index is -0.304. The fourth-order valence-corrected chi connectivity index (χ4v) is 7.20. The van der Waals surface area contributed by atoms with Crippen LogP contribution in [0.25, 0.3) is 22.3 Å². The zero-order valence-electron chi connectivity index (χ0n) is 18.4. The van der Waals surface area contributed by atoms with E-state index in [0.717, 1.165) is 0 Å². The molecule has 5 aromatic rings. The number of benzene rings is 5. The monoisotopic (exact) mass is 438 g/mol. The number of fused-ring (bicyclic) bond motifs is 9. The van der Waals surface area contributed by atoms with Crippen molar-refractivity contribution in [2.24, 2.45) is 0 Å². The fourth-order valence-electron chi connectivity index (χ4n) is 5.93. The highest BCUT2D eigenvalue weighted by molar-refractivity contribution is 7.99. The van der Waals surface area contributed by atoms with Gasteiger partial charge in [-0.05, 0) is 75.2 Å². The molecule has 1 heterocycles. The van der Waals surface area contributed by atoms with Crippen LogP contribution < -0.4 is 0 Å². The number of rotatable bonds is 1. The van der Waals surface area contributed by atoms with Gasteiger partial charge in [0, 0.05) is 9.79 Å². The zero-order chi connectivity index (χ0) is 22.0. The smallest absolute Gasteiger partial charge is 0.0735 e. The molecule has 0 aromatic heterocycles. The molecule has 1 aliphatic heterocycles. The first kappa shape index (κ1) is 19.0. The second kappa shape index (κ2) is 6.97. The summed E-state index contributed by atoms with van der Waals surface area (Å²) >= 11 is 1.91. The molecule has 0 unspecified atom stereocenters. The molecular formula is C32H22S. The van der Waals surface area contributed by atoms with Crippen molar-refractivity contribution >= 4 is 11.8 Å². The molecule has 1 spiro atoms. The van der Waals surface area contributed by atoms with E-state index < -0.39 is 0 Å². The van der Waals surface area contributed by atoms with Crippen molar-refractivity contribution in [3.63, 3.8) is 0 Å². The van der Waals surface area contributed by atoms with E-state index in [1.165, 1.54) is 59.9 Å². The predicted octanol–water partition coefficient (Wildman–Crippen LogP) is 8.49. The molecule has 0 amide bonds. The van der Waals surface area contributed by atoms with Crippen LogP contribution in [0.4, 0.5) is 0 Å². The highest BCUT2D eigenvalue weighted by Gasteiger charge is 2.50. The molecule has 2 aliphatic rings. The Balaban J connectivity index is 1.65. The summed E-state index contributed by atoms with van der Waals surface area (Å²) < 4.78 is 0. The Morgan fingerprint density at radius 3 is 1.76 bits per heavy atom. The molecule has 7 rings (SSSR count). The lowest BCUT2D eigenvalue weighted by molar-refractivity contribution is 0.722. The second-order valence-electron chi connectivity index (χ2n) is 8.97. The Morgan fingerprint density at radius 2 is 1.06 bits per heavy atom. The average Bonchev–Trinajstić information content (AvgIpc) is 3.16. The summed E-state index contributed by atoms with van der Waals surface area (Å²) in [5.74, 6) is 0. The Kier molecular flexibility index (Phi) is 4.01. The minimum absolute atomic E-state index is 0.304. The Bertz CT molecular complexity index is 1500. The normalized spacial score (nSPS) is 14.3. The van der Waals surface area contributed by atoms with E-state index in [2.05, 4.69) is 122 Å². The third kappa shape index (κ3) is 2.49. The zero-order valence-corrected chi connectivity index (χ0v) is 19.2. The van der Waals surface area contributed by atoms with Gasteiger partial charge in [-0.25, -0.2) is 0 Å². The molecule has 0 saturated heterocycles. The molecule has 0 atom stereocenters. The van der Waals surface area contributed by atoms with Crippen LogP contribution in [0.15, 0.2) is 125 Å². The van der Waals surface area contributed by atoms with Crippen LogP contribution in [0.3, 0.4) is 0 Å². The van der Waals surface area contributed by atoms with Crippen LogP contribution >= 0.6 is 11.8 Å². The van der Waals surface area contributed by atoms with E-state index in [1.807, 2.05) is 11.8 Å². The number of hydrogen-bond acceptors (Lipinski definition) is 1. The fraction of sp³-hybridized carbons (Fsp3) is 0.0625. The molecular weight excluding hydrogens is 416 g/mol. The van der Waals surface area contributed by atoms with Crippen LogP contribution in [-0.4, -0.2) is 0 Å². The molecule has 0 fully saturated rings. The first-order valence-corrected chi connectivity index (χ1v) is 12.3. The Morgan fingerprint density at radius 1 is 0.485 bits per heavy atom. The van der Waals surface area contributed by atoms with Crippen LogP contribution in [-0.2, 0) is 5.41 Å². The summed E-state index contributed by atoms with van der Waals surface area (Å²) in [6.07, 6.45) is 0. The van der Waals surface area contributed by atoms with E-state index in [9.17, 15) is 0 Å². The van der Waals surface area contributed by atoms with E-state index in [-0.39, 0.29) is 5.41 Å². The average molecular weight is 439 g/mol. The second-order valence-corrected chi connectivity index (χ2v) is 10.1. The summed E-state index contributed by atoms with van der Waals surface area (Å²) in [7, 11) is 0. The standard InChI is InChI=1S/C32H22S/c1-21-19-31-29(20-25(21)22-11-3-2-4-12-22)32(28-17-9-10-18-30(28)33-31)26-15-7-5-13-23(26)24-14-6-8-16-27(24)32/h2-20H,1H3. The van der Waals surface area contributed by atoms with Crippen LogP contribution in [0.5, 0.6) is 0 Å². The summed E-state index contributed by atoms with van der Waals surface area (Å²) in [4.78, 5) is 2.71. The highest BCUT2D eigenvalue weighted by Crippen LogP contribution is 2.62. The van der Waals surface area contributed by atoms with Crippen LogP contribution in [0.1, 0.15) is 27.8 Å². The molecule has 1 heteroatoms. The summed E-state index contributed by atoms with van der Waals surface area (Å²) in [6.45, 7) is 2.24. The lowest BCUT2D eigenvalue weighted by Crippen LogP contribution is -2.32. The van der Waals surface area contributed by atoms with Crippen molar-refractivity contribution in [1.29, 1.82) is 0 Å².